The predicted molar refractivity (Wildman–Crippen MR) is 45.4 cm³/mol. The van der Waals surface area contributed by atoms with Gasteiger partial charge in [-0.3, -0.25) is 0 Å². The number of hydrogen-bond acceptors (Lipinski definition) is 4. The van der Waals surface area contributed by atoms with E-state index >= 15 is 0 Å². The standard InChI is InChI=1S/C8H10N2O3/c1-2-3-9-4-6-7(8(11)12)10-5-13-6/h2,5,9H,1,3-4H2,(H,11,12). The Morgan fingerprint density at radius 2 is 2.62 bits per heavy atom. The molecule has 0 saturated heterocycles. The highest BCUT2D eigenvalue weighted by Crippen LogP contribution is 2.05. The topological polar surface area (TPSA) is 75.4 Å². The van der Waals surface area contributed by atoms with E-state index in [1.54, 1.807) is 6.08 Å². The fraction of sp³-hybridized carbons (Fsp3) is 0.250. The van der Waals surface area contributed by atoms with Crippen LogP contribution in [0.5, 0.6) is 0 Å². The summed E-state index contributed by atoms with van der Waals surface area (Å²) in [6.45, 7) is 4.45. The van der Waals surface area contributed by atoms with Crippen molar-refractivity contribution in [1.29, 1.82) is 0 Å². The first-order valence-electron chi connectivity index (χ1n) is 3.73. The lowest BCUT2D eigenvalue weighted by atomic mass is 10.3. The lowest BCUT2D eigenvalue weighted by Gasteiger charge is -1.97. The number of nitrogens with one attached hydrogen (secondary N) is 1. The van der Waals surface area contributed by atoms with Gasteiger partial charge in [-0.1, -0.05) is 6.08 Å². The summed E-state index contributed by atoms with van der Waals surface area (Å²) in [5.74, 6) is -0.751. The van der Waals surface area contributed by atoms with Crippen LogP contribution < -0.4 is 5.32 Å². The van der Waals surface area contributed by atoms with Crippen molar-refractivity contribution >= 4 is 5.97 Å². The van der Waals surface area contributed by atoms with E-state index in [-0.39, 0.29) is 5.69 Å². The molecule has 5 heteroatoms. The molecule has 1 aromatic rings. The van der Waals surface area contributed by atoms with Crippen LogP contribution in [0.4, 0.5) is 0 Å². The molecule has 0 aliphatic heterocycles. The normalized spacial score (nSPS) is 9.85. The fourth-order valence-electron chi connectivity index (χ4n) is 0.858. The largest absolute Gasteiger partial charge is 0.476 e. The lowest BCUT2D eigenvalue weighted by molar-refractivity contribution is 0.0688. The van der Waals surface area contributed by atoms with Crippen molar-refractivity contribution in [3.63, 3.8) is 0 Å². The second-order valence-electron chi connectivity index (χ2n) is 2.35. The van der Waals surface area contributed by atoms with Crippen LogP contribution in [-0.2, 0) is 6.54 Å². The highest BCUT2D eigenvalue weighted by Gasteiger charge is 2.13. The summed E-state index contributed by atoms with van der Waals surface area (Å²) in [7, 11) is 0. The van der Waals surface area contributed by atoms with Crippen LogP contribution in [-0.4, -0.2) is 22.6 Å². The second-order valence-corrected chi connectivity index (χ2v) is 2.35. The minimum Gasteiger partial charge on any atom is -0.476 e. The Bertz CT molecular complexity index is 306. The van der Waals surface area contributed by atoms with Crippen LogP contribution in [0, 0.1) is 0 Å². The molecular weight excluding hydrogens is 172 g/mol. The monoisotopic (exact) mass is 182 g/mol. The molecule has 0 aliphatic carbocycles. The number of carboxylic acids is 1. The Kier molecular flexibility index (Phi) is 3.22. The smallest absolute Gasteiger partial charge is 0.358 e. The molecule has 0 amide bonds. The summed E-state index contributed by atoms with van der Waals surface area (Å²) in [4.78, 5) is 14.1. The molecule has 0 spiro atoms. The molecule has 0 radical (unpaired) electrons. The first-order chi connectivity index (χ1) is 6.25. The number of rotatable bonds is 5. The lowest BCUT2D eigenvalue weighted by Crippen LogP contribution is -2.14. The number of aromatic carboxylic acids is 1. The molecule has 13 heavy (non-hydrogen) atoms. The van der Waals surface area contributed by atoms with Crippen LogP contribution in [0.3, 0.4) is 0 Å². The first kappa shape index (κ1) is 9.47. The second kappa shape index (κ2) is 4.42. The molecule has 0 aromatic carbocycles. The molecule has 2 N–H and O–H groups in total. The maximum atomic E-state index is 10.5. The van der Waals surface area contributed by atoms with Gasteiger partial charge in [-0.15, -0.1) is 6.58 Å². The Morgan fingerprint density at radius 3 is 3.23 bits per heavy atom. The van der Waals surface area contributed by atoms with E-state index in [4.69, 9.17) is 9.52 Å². The van der Waals surface area contributed by atoms with Crippen molar-refractivity contribution in [3.05, 3.63) is 30.5 Å². The zero-order valence-corrected chi connectivity index (χ0v) is 6.99. The maximum Gasteiger partial charge on any atom is 0.358 e. The zero-order chi connectivity index (χ0) is 9.68. The van der Waals surface area contributed by atoms with Gasteiger partial charge < -0.3 is 14.8 Å². The van der Waals surface area contributed by atoms with Crippen LogP contribution >= 0.6 is 0 Å². The molecule has 1 heterocycles. The van der Waals surface area contributed by atoms with Crippen molar-refractivity contribution in [1.82, 2.24) is 10.3 Å². The van der Waals surface area contributed by atoms with Gasteiger partial charge in [0, 0.05) is 6.54 Å². The Morgan fingerprint density at radius 1 is 1.85 bits per heavy atom. The third-order valence-electron chi connectivity index (χ3n) is 1.42. The van der Waals surface area contributed by atoms with Crippen molar-refractivity contribution < 1.29 is 14.3 Å². The predicted octanol–water partition coefficient (Wildman–Crippen LogP) is 0.648. The molecule has 0 unspecified atom stereocenters. The fourth-order valence-corrected chi connectivity index (χ4v) is 0.858. The van der Waals surface area contributed by atoms with E-state index in [1.807, 2.05) is 0 Å². The van der Waals surface area contributed by atoms with Gasteiger partial charge in [-0.2, -0.15) is 0 Å². The summed E-state index contributed by atoms with van der Waals surface area (Å²) in [5.41, 5.74) is -0.0448. The van der Waals surface area contributed by atoms with E-state index in [0.717, 1.165) is 6.39 Å². The average molecular weight is 182 g/mol. The molecule has 0 atom stereocenters. The van der Waals surface area contributed by atoms with Crippen LogP contribution in [0.15, 0.2) is 23.5 Å². The van der Waals surface area contributed by atoms with E-state index in [9.17, 15) is 4.79 Å². The van der Waals surface area contributed by atoms with Crippen molar-refractivity contribution in [3.8, 4) is 0 Å². The third kappa shape index (κ3) is 2.41. The number of carboxylic acid groups (broad SMARTS) is 1. The minimum atomic E-state index is -1.08. The highest BCUT2D eigenvalue weighted by molar-refractivity contribution is 5.86. The first-order valence-corrected chi connectivity index (χ1v) is 3.73. The molecule has 0 bridgehead atoms. The van der Waals surface area contributed by atoms with Gasteiger partial charge in [0.1, 0.15) is 0 Å². The molecule has 0 fully saturated rings. The van der Waals surface area contributed by atoms with Gasteiger partial charge in [0.05, 0.1) is 6.54 Å². The minimum absolute atomic E-state index is 0.0448. The Balaban J connectivity index is 2.60. The van der Waals surface area contributed by atoms with Gasteiger partial charge in [-0.05, 0) is 0 Å². The van der Waals surface area contributed by atoms with Gasteiger partial charge in [0.15, 0.2) is 17.8 Å². The zero-order valence-electron chi connectivity index (χ0n) is 6.99. The number of nitrogens with zero attached hydrogens (tertiary/aromatic N) is 1. The van der Waals surface area contributed by atoms with E-state index < -0.39 is 5.97 Å². The van der Waals surface area contributed by atoms with Crippen LogP contribution in [0.2, 0.25) is 0 Å². The van der Waals surface area contributed by atoms with E-state index in [1.165, 1.54) is 0 Å². The van der Waals surface area contributed by atoms with Gasteiger partial charge in [-0.25, -0.2) is 9.78 Å². The molecule has 0 saturated carbocycles. The van der Waals surface area contributed by atoms with Crippen molar-refractivity contribution in [2.45, 2.75) is 6.54 Å². The van der Waals surface area contributed by atoms with E-state index in [0.29, 0.717) is 18.8 Å². The quantitative estimate of drug-likeness (QED) is 0.516. The number of aromatic nitrogens is 1. The summed E-state index contributed by atoms with van der Waals surface area (Å²) < 4.78 is 4.88. The van der Waals surface area contributed by atoms with Gasteiger partial charge >= 0.3 is 5.97 Å². The SMILES string of the molecule is C=CCNCc1ocnc1C(=O)O. The van der Waals surface area contributed by atoms with Gasteiger partial charge in [0.25, 0.3) is 0 Å². The molecular formula is C8H10N2O3. The van der Waals surface area contributed by atoms with Crippen molar-refractivity contribution in [2.24, 2.45) is 0 Å². The highest BCUT2D eigenvalue weighted by atomic mass is 16.4. The third-order valence-corrected chi connectivity index (χ3v) is 1.42. The number of carbonyl (C=O) groups is 1. The summed E-state index contributed by atoms with van der Waals surface area (Å²) in [6, 6.07) is 0. The molecule has 5 nitrogen and oxygen atoms in total. The summed E-state index contributed by atoms with van der Waals surface area (Å²) in [5, 5.41) is 11.6. The average Bonchev–Trinajstić information content (AvgIpc) is 2.53. The summed E-state index contributed by atoms with van der Waals surface area (Å²) >= 11 is 0. The Hall–Kier alpha value is -1.62. The van der Waals surface area contributed by atoms with Crippen molar-refractivity contribution in [2.75, 3.05) is 6.54 Å². The molecule has 70 valence electrons. The number of hydrogen-bond donors (Lipinski definition) is 2. The number of oxazole rings is 1. The van der Waals surface area contributed by atoms with Gasteiger partial charge in [0.2, 0.25) is 0 Å². The van der Waals surface area contributed by atoms with E-state index in [2.05, 4.69) is 16.9 Å². The maximum absolute atomic E-state index is 10.5. The van der Waals surface area contributed by atoms with Crippen LogP contribution in [0.25, 0.3) is 0 Å². The Labute approximate surface area is 75.1 Å². The summed E-state index contributed by atoms with van der Waals surface area (Å²) in [6.07, 6.45) is 2.80. The van der Waals surface area contributed by atoms with Crippen LogP contribution in [0.1, 0.15) is 16.2 Å². The molecule has 0 aliphatic rings. The molecule has 1 aromatic heterocycles. The molecule has 1 rings (SSSR count).